The number of amides is 1. The van der Waals surface area contributed by atoms with Crippen LogP contribution in [-0.2, 0) is 11.3 Å². The number of ether oxygens (including phenoxy) is 3. The Labute approximate surface area is 190 Å². The second-order valence-corrected chi connectivity index (χ2v) is 7.52. The van der Waals surface area contributed by atoms with Crippen LogP contribution >= 0.6 is 0 Å². The van der Waals surface area contributed by atoms with Crippen molar-refractivity contribution in [1.82, 2.24) is 20.3 Å². The third-order valence-corrected chi connectivity index (χ3v) is 5.11. The van der Waals surface area contributed by atoms with E-state index in [4.69, 9.17) is 19.2 Å². The van der Waals surface area contributed by atoms with E-state index in [1.807, 2.05) is 61.5 Å². The molecule has 0 radical (unpaired) electrons. The van der Waals surface area contributed by atoms with Crippen molar-refractivity contribution < 1.29 is 19.0 Å². The molecule has 5 rings (SSSR count). The molecule has 8 heteroatoms. The maximum absolute atomic E-state index is 12.3. The van der Waals surface area contributed by atoms with Gasteiger partial charge in [-0.1, -0.05) is 24.3 Å². The summed E-state index contributed by atoms with van der Waals surface area (Å²) in [6.45, 7) is 2.29. The fraction of sp³-hybridized carbons (Fsp3) is 0.160. The van der Waals surface area contributed by atoms with Crippen molar-refractivity contribution in [1.29, 1.82) is 0 Å². The first-order valence-corrected chi connectivity index (χ1v) is 10.5. The van der Waals surface area contributed by atoms with Gasteiger partial charge >= 0.3 is 0 Å². The molecule has 0 unspecified atom stereocenters. The number of nitrogens with one attached hydrogen (secondary N) is 2. The van der Waals surface area contributed by atoms with Crippen molar-refractivity contribution in [3.05, 3.63) is 78.2 Å². The normalized spacial score (nSPS) is 11.9. The van der Waals surface area contributed by atoms with Crippen LogP contribution < -0.4 is 19.5 Å². The summed E-state index contributed by atoms with van der Waals surface area (Å²) in [5.41, 5.74) is 4.00. The van der Waals surface area contributed by atoms with E-state index in [0.717, 1.165) is 28.3 Å². The van der Waals surface area contributed by atoms with Gasteiger partial charge in [0.05, 0.1) is 23.6 Å². The topological polar surface area (TPSA) is 98.4 Å². The number of aromatic nitrogens is 3. The summed E-state index contributed by atoms with van der Waals surface area (Å²) >= 11 is 0. The molecule has 1 aliphatic rings. The lowest BCUT2D eigenvalue weighted by atomic mass is 10.1. The Morgan fingerprint density at radius 1 is 1.03 bits per heavy atom. The number of benzene rings is 2. The van der Waals surface area contributed by atoms with Crippen LogP contribution in [0.5, 0.6) is 17.2 Å². The molecule has 0 spiro atoms. The van der Waals surface area contributed by atoms with Gasteiger partial charge < -0.3 is 24.5 Å². The number of rotatable bonds is 7. The standard InChI is InChI=1S/C25H22N4O4/c1-16-6-5-9-19(27-16)25-24(17-10-11-20-21(12-17)33-15-32-20)28-22(29-25)13-26-23(30)14-31-18-7-3-2-4-8-18/h2-12H,13-15H2,1H3,(H,26,30)(H,28,29). The predicted molar refractivity (Wildman–Crippen MR) is 122 cm³/mol. The molecule has 33 heavy (non-hydrogen) atoms. The largest absolute Gasteiger partial charge is 0.484 e. The van der Waals surface area contributed by atoms with Crippen LogP contribution in [0.15, 0.2) is 66.7 Å². The quantitative estimate of drug-likeness (QED) is 0.451. The minimum Gasteiger partial charge on any atom is -0.484 e. The summed E-state index contributed by atoms with van der Waals surface area (Å²) in [7, 11) is 0. The molecule has 0 aliphatic carbocycles. The van der Waals surface area contributed by atoms with E-state index in [1.165, 1.54) is 0 Å². The molecule has 2 N–H and O–H groups in total. The number of pyridine rings is 1. The van der Waals surface area contributed by atoms with Crippen LogP contribution in [0.3, 0.4) is 0 Å². The number of para-hydroxylation sites is 1. The van der Waals surface area contributed by atoms with Gasteiger partial charge in [0.25, 0.3) is 5.91 Å². The minimum absolute atomic E-state index is 0.0773. The number of fused-ring (bicyclic) bond motifs is 1. The second kappa shape index (κ2) is 9.04. The number of carbonyl (C=O) groups is 1. The number of imidazole rings is 1. The average molecular weight is 442 g/mol. The zero-order chi connectivity index (χ0) is 22.6. The lowest BCUT2D eigenvalue weighted by Gasteiger charge is -2.06. The molecule has 2 aromatic carbocycles. The molecule has 1 aliphatic heterocycles. The maximum Gasteiger partial charge on any atom is 0.258 e. The molecule has 0 atom stereocenters. The van der Waals surface area contributed by atoms with Crippen LogP contribution in [0.2, 0.25) is 0 Å². The van der Waals surface area contributed by atoms with E-state index < -0.39 is 0 Å². The lowest BCUT2D eigenvalue weighted by Crippen LogP contribution is -2.28. The molecule has 166 valence electrons. The maximum atomic E-state index is 12.3. The van der Waals surface area contributed by atoms with Gasteiger partial charge in [0.2, 0.25) is 6.79 Å². The highest BCUT2D eigenvalue weighted by Gasteiger charge is 2.20. The van der Waals surface area contributed by atoms with Gasteiger partial charge in [-0.2, -0.15) is 0 Å². The molecule has 3 heterocycles. The van der Waals surface area contributed by atoms with E-state index in [0.29, 0.717) is 23.1 Å². The molecule has 4 aromatic rings. The Morgan fingerprint density at radius 2 is 1.88 bits per heavy atom. The Hall–Kier alpha value is -4.33. The van der Waals surface area contributed by atoms with Crippen LogP contribution in [0.25, 0.3) is 22.6 Å². The fourth-order valence-corrected chi connectivity index (χ4v) is 3.53. The van der Waals surface area contributed by atoms with Crippen LogP contribution in [-0.4, -0.2) is 34.3 Å². The van der Waals surface area contributed by atoms with Gasteiger partial charge in [-0.25, -0.2) is 4.98 Å². The van der Waals surface area contributed by atoms with Crippen LogP contribution in [0.4, 0.5) is 0 Å². The van der Waals surface area contributed by atoms with Crippen molar-refractivity contribution in [2.24, 2.45) is 0 Å². The van der Waals surface area contributed by atoms with Crippen LogP contribution in [0, 0.1) is 6.92 Å². The van der Waals surface area contributed by atoms with Gasteiger partial charge in [0, 0.05) is 11.3 Å². The zero-order valence-corrected chi connectivity index (χ0v) is 18.0. The van der Waals surface area contributed by atoms with Gasteiger partial charge in [0.1, 0.15) is 11.6 Å². The molecule has 1 amide bonds. The molecule has 8 nitrogen and oxygen atoms in total. The zero-order valence-electron chi connectivity index (χ0n) is 18.0. The predicted octanol–water partition coefficient (Wildman–Crippen LogP) is 3.87. The van der Waals surface area contributed by atoms with E-state index in [2.05, 4.69) is 15.3 Å². The first-order valence-electron chi connectivity index (χ1n) is 10.5. The monoisotopic (exact) mass is 442 g/mol. The van der Waals surface area contributed by atoms with Crippen molar-refractivity contribution in [2.75, 3.05) is 13.4 Å². The van der Waals surface area contributed by atoms with Gasteiger partial charge in [-0.05, 0) is 49.4 Å². The second-order valence-electron chi connectivity index (χ2n) is 7.52. The first kappa shape index (κ1) is 20.6. The highest BCUT2D eigenvalue weighted by Crippen LogP contribution is 2.38. The van der Waals surface area contributed by atoms with Gasteiger partial charge in [0.15, 0.2) is 18.1 Å². The summed E-state index contributed by atoms with van der Waals surface area (Å²) in [6.07, 6.45) is 0. The van der Waals surface area contributed by atoms with E-state index >= 15 is 0 Å². The average Bonchev–Trinajstić information content (AvgIpc) is 3.49. The number of aryl methyl sites for hydroxylation is 1. The minimum atomic E-state index is -0.241. The number of nitrogens with zero attached hydrogens (tertiary/aromatic N) is 2. The summed E-state index contributed by atoms with van der Waals surface area (Å²) in [4.78, 5) is 25.0. The molecule has 2 aromatic heterocycles. The van der Waals surface area contributed by atoms with E-state index in [-0.39, 0.29) is 25.9 Å². The molecule has 0 bridgehead atoms. The summed E-state index contributed by atoms with van der Waals surface area (Å²) in [5.74, 6) is 2.38. The van der Waals surface area contributed by atoms with E-state index in [9.17, 15) is 4.79 Å². The van der Waals surface area contributed by atoms with Crippen molar-refractivity contribution in [2.45, 2.75) is 13.5 Å². The van der Waals surface area contributed by atoms with E-state index in [1.54, 1.807) is 12.1 Å². The number of H-pyrrole nitrogens is 1. The number of hydrogen-bond acceptors (Lipinski definition) is 6. The summed E-state index contributed by atoms with van der Waals surface area (Å²) in [6, 6.07) is 20.7. The molecule has 0 saturated heterocycles. The highest BCUT2D eigenvalue weighted by molar-refractivity contribution is 5.79. The third-order valence-electron chi connectivity index (χ3n) is 5.11. The first-order chi connectivity index (χ1) is 16.2. The Bertz CT molecular complexity index is 1290. The molecule has 0 saturated carbocycles. The number of hydrogen-bond donors (Lipinski definition) is 2. The summed E-state index contributed by atoms with van der Waals surface area (Å²) in [5, 5.41) is 2.84. The van der Waals surface area contributed by atoms with Gasteiger partial charge in [-0.3, -0.25) is 9.78 Å². The molecular formula is C25H22N4O4. The fourth-order valence-electron chi connectivity index (χ4n) is 3.53. The Balaban J connectivity index is 1.37. The van der Waals surface area contributed by atoms with Crippen molar-refractivity contribution in [3.63, 3.8) is 0 Å². The van der Waals surface area contributed by atoms with Crippen LogP contribution in [0.1, 0.15) is 11.5 Å². The smallest absolute Gasteiger partial charge is 0.258 e. The highest BCUT2D eigenvalue weighted by atomic mass is 16.7. The Morgan fingerprint density at radius 3 is 2.73 bits per heavy atom. The summed E-state index contributed by atoms with van der Waals surface area (Å²) < 4.78 is 16.5. The van der Waals surface area contributed by atoms with Crippen molar-refractivity contribution in [3.8, 4) is 39.9 Å². The number of carbonyl (C=O) groups excluding carboxylic acids is 1. The SMILES string of the molecule is Cc1cccc(-c2[nH]c(CNC(=O)COc3ccccc3)nc2-c2ccc3c(c2)OCO3)n1. The molecular weight excluding hydrogens is 420 g/mol. The lowest BCUT2D eigenvalue weighted by molar-refractivity contribution is -0.123. The number of aromatic amines is 1. The third kappa shape index (κ3) is 4.64. The molecule has 0 fully saturated rings. The Kier molecular flexibility index (Phi) is 5.63. The van der Waals surface area contributed by atoms with Crippen molar-refractivity contribution >= 4 is 5.91 Å². The van der Waals surface area contributed by atoms with Gasteiger partial charge in [-0.15, -0.1) is 0 Å².